The van der Waals surface area contributed by atoms with Gasteiger partial charge in [0.25, 0.3) is 5.91 Å². The van der Waals surface area contributed by atoms with Crippen LogP contribution in [0.25, 0.3) is 0 Å². The van der Waals surface area contributed by atoms with Crippen LogP contribution in [0.3, 0.4) is 0 Å². The van der Waals surface area contributed by atoms with Crippen LogP contribution in [0.4, 0.5) is 0 Å². The first-order valence-corrected chi connectivity index (χ1v) is 9.03. The van der Waals surface area contributed by atoms with Crippen molar-refractivity contribution in [1.82, 2.24) is 5.32 Å². The monoisotopic (exact) mass is 351 g/mol. The number of amides is 1. The largest absolute Gasteiger partial charge is 0.491 e. The molecule has 1 atom stereocenters. The van der Waals surface area contributed by atoms with Gasteiger partial charge in [-0.3, -0.25) is 4.79 Å². The predicted molar refractivity (Wildman–Crippen MR) is 82.2 cm³/mol. The highest BCUT2D eigenvalue weighted by atomic mass is 35.5. The van der Waals surface area contributed by atoms with Gasteiger partial charge >= 0.3 is 0 Å². The van der Waals surface area contributed by atoms with Crippen LogP contribution in [0.5, 0.6) is 5.75 Å². The van der Waals surface area contributed by atoms with Crippen molar-refractivity contribution in [2.45, 2.75) is 19.4 Å². The summed E-state index contributed by atoms with van der Waals surface area (Å²) >= 11 is 12.1. The van der Waals surface area contributed by atoms with Gasteiger partial charge in [-0.15, -0.1) is 0 Å². The summed E-state index contributed by atoms with van der Waals surface area (Å²) in [6.07, 6.45) is 0.423. The van der Waals surface area contributed by atoms with Crippen LogP contribution in [0.15, 0.2) is 12.1 Å². The molecule has 1 aliphatic heterocycles. The molecule has 0 bridgehead atoms. The van der Waals surface area contributed by atoms with E-state index in [0.29, 0.717) is 18.8 Å². The minimum atomic E-state index is -3.04. The first-order chi connectivity index (χ1) is 9.82. The molecule has 1 unspecified atom stereocenters. The lowest BCUT2D eigenvalue weighted by atomic mass is 10.1. The number of rotatable bonds is 4. The number of carbonyl (C=O) groups excluding carboxylic acids is 1. The maximum Gasteiger partial charge on any atom is 0.251 e. The Morgan fingerprint density at radius 3 is 2.48 bits per heavy atom. The van der Waals surface area contributed by atoms with Crippen LogP contribution in [0.2, 0.25) is 10.0 Å². The average molecular weight is 352 g/mol. The van der Waals surface area contributed by atoms with E-state index < -0.39 is 15.7 Å². The van der Waals surface area contributed by atoms with E-state index in [9.17, 15) is 13.2 Å². The van der Waals surface area contributed by atoms with Gasteiger partial charge in [0.05, 0.1) is 28.2 Å². The van der Waals surface area contributed by atoms with Crippen LogP contribution < -0.4 is 10.1 Å². The van der Waals surface area contributed by atoms with Crippen molar-refractivity contribution in [3.8, 4) is 5.75 Å². The molecular formula is C13H15Cl2NO4S. The van der Waals surface area contributed by atoms with Crippen molar-refractivity contribution in [3.05, 3.63) is 27.7 Å². The molecule has 1 N–H and O–H groups in total. The van der Waals surface area contributed by atoms with Gasteiger partial charge in [0.1, 0.15) is 0 Å². The highest BCUT2D eigenvalue weighted by molar-refractivity contribution is 7.91. The van der Waals surface area contributed by atoms with Crippen LogP contribution >= 0.6 is 23.2 Å². The fourth-order valence-electron chi connectivity index (χ4n) is 2.15. The van der Waals surface area contributed by atoms with Crippen LogP contribution in [0.1, 0.15) is 23.7 Å². The first-order valence-electron chi connectivity index (χ1n) is 6.45. The number of sulfone groups is 1. The molecule has 0 spiro atoms. The summed E-state index contributed by atoms with van der Waals surface area (Å²) in [5, 5.41) is 3.17. The molecule has 1 fully saturated rings. The molecule has 0 aliphatic carbocycles. The van der Waals surface area contributed by atoms with Crippen LogP contribution in [-0.2, 0) is 9.84 Å². The Balaban J connectivity index is 2.13. The maximum atomic E-state index is 12.1. The normalized spacial score (nSPS) is 20.2. The third kappa shape index (κ3) is 4.02. The SMILES string of the molecule is CCOc1c(Cl)cc(C(=O)NC2CCS(=O)(=O)C2)cc1Cl. The Bertz CT molecular complexity index is 637. The predicted octanol–water partition coefficient (Wildman–Crippen LogP) is 2.31. The molecular weight excluding hydrogens is 337 g/mol. The van der Waals surface area contributed by atoms with Gasteiger partial charge in [0.2, 0.25) is 0 Å². The Hall–Kier alpha value is -0.980. The highest BCUT2D eigenvalue weighted by Crippen LogP contribution is 2.34. The molecule has 0 aromatic heterocycles. The van der Waals surface area contributed by atoms with Gasteiger partial charge in [0.15, 0.2) is 15.6 Å². The molecule has 0 radical (unpaired) electrons. The van der Waals surface area contributed by atoms with Gasteiger partial charge in [-0.2, -0.15) is 0 Å². The van der Waals surface area contributed by atoms with Crippen LogP contribution in [-0.4, -0.2) is 38.5 Å². The van der Waals surface area contributed by atoms with Gasteiger partial charge in [-0.05, 0) is 25.5 Å². The zero-order valence-electron chi connectivity index (χ0n) is 11.4. The second kappa shape index (κ2) is 6.42. The Morgan fingerprint density at radius 2 is 2.00 bits per heavy atom. The third-order valence-electron chi connectivity index (χ3n) is 3.12. The van der Waals surface area contributed by atoms with E-state index in [4.69, 9.17) is 27.9 Å². The number of ether oxygens (including phenoxy) is 1. The molecule has 8 heteroatoms. The molecule has 1 aromatic rings. The molecule has 1 saturated heterocycles. The number of hydrogen-bond acceptors (Lipinski definition) is 4. The maximum absolute atomic E-state index is 12.1. The zero-order valence-corrected chi connectivity index (χ0v) is 13.7. The molecule has 0 saturated carbocycles. The molecule has 1 amide bonds. The minimum Gasteiger partial charge on any atom is -0.491 e. The minimum absolute atomic E-state index is 0.0305. The van der Waals surface area contributed by atoms with Crippen molar-refractivity contribution in [3.63, 3.8) is 0 Å². The summed E-state index contributed by atoms with van der Waals surface area (Å²) in [5.41, 5.74) is 0.276. The van der Waals surface area contributed by atoms with E-state index in [1.165, 1.54) is 12.1 Å². The smallest absolute Gasteiger partial charge is 0.251 e. The van der Waals surface area contributed by atoms with E-state index >= 15 is 0 Å². The molecule has 1 heterocycles. The zero-order chi connectivity index (χ0) is 15.6. The molecule has 116 valence electrons. The second-order valence-electron chi connectivity index (χ2n) is 4.78. The van der Waals surface area contributed by atoms with Crippen LogP contribution in [0, 0.1) is 0 Å². The number of hydrogen-bond donors (Lipinski definition) is 1. The van der Waals surface area contributed by atoms with E-state index in [1.807, 2.05) is 0 Å². The Morgan fingerprint density at radius 1 is 1.38 bits per heavy atom. The van der Waals surface area contributed by atoms with E-state index in [1.54, 1.807) is 6.92 Å². The van der Waals surface area contributed by atoms with Crippen molar-refractivity contribution < 1.29 is 17.9 Å². The Labute approximate surface area is 133 Å². The lowest BCUT2D eigenvalue weighted by molar-refractivity contribution is 0.0941. The number of carbonyl (C=O) groups is 1. The molecule has 5 nitrogen and oxygen atoms in total. The van der Waals surface area contributed by atoms with Crippen molar-refractivity contribution in [1.29, 1.82) is 0 Å². The van der Waals surface area contributed by atoms with Crippen molar-refractivity contribution >= 4 is 38.9 Å². The number of benzene rings is 1. The van der Waals surface area contributed by atoms with Crippen molar-refractivity contribution in [2.24, 2.45) is 0 Å². The van der Waals surface area contributed by atoms with E-state index in [0.717, 1.165) is 0 Å². The highest BCUT2D eigenvalue weighted by Gasteiger charge is 2.29. The summed E-state index contributed by atoms with van der Waals surface area (Å²) in [5.74, 6) is 0.00439. The van der Waals surface area contributed by atoms with E-state index in [-0.39, 0.29) is 33.2 Å². The van der Waals surface area contributed by atoms with Gasteiger partial charge < -0.3 is 10.1 Å². The second-order valence-corrected chi connectivity index (χ2v) is 7.82. The fourth-order valence-corrected chi connectivity index (χ4v) is 4.42. The molecule has 2 rings (SSSR count). The molecule has 1 aliphatic rings. The Kier molecular flexibility index (Phi) is 5.01. The quantitative estimate of drug-likeness (QED) is 0.903. The molecule has 21 heavy (non-hydrogen) atoms. The third-order valence-corrected chi connectivity index (χ3v) is 5.45. The topological polar surface area (TPSA) is 72.5 Å². The van der Waals surface area contributed by atoms with Gasteiger partial charge in [0, 0.05) is 11.6 Å². The van der Waals surface area contributed by atoms with E-state index in [2.05, 4.69) is 5.32 Å². The number of halogens is 2. The lowest BCUT2D eigenvalue weighted by Gasteiger charge is -2.13. The summed E-state index contributed by atoms with van der Waals surface area (Å²) in [4.78, 5) is 12.1. The summed E-state index contributed by atoms with van der Waals surface area (Å²) in [7, 11) is -3.04. The molecule has 1 aromatic carbocycles. The lowest BCUT2D eigenvalue weighted by Crippen LogP contribution is -2.35. The standard InChI is InChI=1S/C13H15Cl2NO4S/c1-2-20-12-10(14)5-8(6-11(12)15)13(17)16-9-3-4-21(18,19)7-9/h5-6,9H,2-4,7H2,1H3,(H,16,17). The summed E-state index contributed by atoms with van der Waals surface area (Å²) < 4.78 is 28.0. The summed E-state index contributed by atoms with van der Waals surface area (Å²) in [6, 6.07) is 2.54. The van der Waals surface area contributed by atoms with Gasteiger partial charge in [-0.1, -0.05) is 23.2 Å². The van der Waals surface area contributed by atoms with Crippen molar-refractivity contribution in [2.75, 3.05) is 18.1 Å². The number of nitrogens with one attached hydrogen (secondary N) is 1. The van der Waals surface area contributed by atoms with Gasteiger partial charge in [-0.25, -0.2) is 8.42 Å². The average Bonchev–Trinajstić information content (AvgIpc) is 2.72. The summed E-state index contributed by atoms with van der Waals surface area (Å²) in [6.45, 7) is 2.21. The first kappa shape index (κ1) is 16.4. The fraction of sp³-hybridized carbons (Fsp3) is 0.462.